The van der Waals surface area contributed by atoms with Crippen LogP contribution in [0.25, 0.3) is 10.9 Å². The van der Waals surface area contributed by atoms with Crippen LogP contribution in [0.4, 0.5) is 0 Å². The van der Waals surface area contributed by atoms with Crippen LogP contribution in [0.15, 0.2) is 24.4 Å². The molecule has 1 aliphatic carbocycles. The number of fused-ring (bicyclic) bond motifs is 1. The first-order valence-electron chi connectivity index (χ1n) is 6.71. The highest BCUT2D eigenvalue weighted by atomic mass is 16.5. The highest BCUT2D eigenvalue weighted by Gasteiger charge is 2.26. The first-order chi connectivity index (χ1) is 8.85. The normalized spacial score (nSPS) is 15.2. The summed E-state index contributed by atoms with van der Waals surface area (Å²) in [6, 6.07) is 7.02. The summed E-state index contributed by atoms with van der Waals surface area (Å²) in [4.78, 5) is 0. The fraction of sp³-hybridized carbons (Fsp3) is 0.467. The number of hydrogen-bond donors (Lipinski definition) is 1. The Morgan fingerprint density at radius 2 is 2.22 bits per heavy atom. The molecule has 1 heterocycles. The van der Waals surface area contributed by atoms with Gasteiger partial charge in [-0.1, -0.05) is 6.07 Å². The van der Waals surface area contributed by atoms with Crippen molar-refractivity contribution in [1.82, 2.24) is 4.57 Å². The van der Waals surface area contributed by atoms with E-state index >= 15 is 0 Å². The van der Waals surface area contributed by atoms with Gasteiger partial charge >= 0.3 is 0 Å². The molecule has 1 aromatic heterocycles. The molecular formula is C15H20N2O. The van der Waals surface area contributed by atoms with Crippen LogP contribution in [0.3, 0.4) is 0 Å². The van der Waals surface area contributed by atoms with E-state index in [0.29, 0.717) is 6.04 Å². The summed E-state index contributed by atoms with van der Waals surface area (Å²) in [5.74, 6) is 0.985. The van der Waals surface area contributed by atoms with E-state index in [4.69, 9.17) is 10.5 Å². The summed E-state index contributed by atoms with van der Waals surface area (Å²) < 4.78 is 7.94. The summed E-state index contributed by atoms with van der Waals surface area (Å²) in [6.45, 7) is 0.741. The second-order valence-electron chi connectivity index (χ2n) is 5.04. The Hall–Kier alpha value is -1.48. The number of methoxy groups -OCH3 is 1. The number of aromatic nitrogens is 1. The number of rotatable bonds is 5. The van der Waals surface area contributed by atoms with Gasteiger partial charge in [-0.15, -0.1) is 0 Å². The molecule has 0 radical (unpaired) electrons. The highest BCUT2D eigenvalue weighted by molar-refractivity contribution is 5.90. The third-order valence-corrected chi connectivity index (χ3v) is 3.71. The molecule has 1 aromatic carbocycles. The average molecular weight is 244 g/mol. The summed E-state index contributed by atoms with van der Waals surface area (Å²) in [5.41, 5.74) is 8.32. The molecule has 0 spiro atoms. The molecule has 2 aromatic rings. The third-order valence-electron chi connectivity index (χ3n) is 3.71. The minimum atomic E-state index is 0.700. The first-order valence-corrected chi connectivity index (χ1v) is 6.71. The van der Waals surface area contributed by atoms with Crippen LogP contribution < -0.4 is 10.5 Å². The molecule has 0 aliphatic heterocycles. The minimum Gasteiger partial charge on any atom is -0.496 e. The summed E-state index contributed by atoms with van der Waals surface area (Å²) in [6.07, 6.45) is 6.98. The van der Waals surface area contributed by atoms with Crippen LogP contribution in [0, 0.1) is 0 Å². The molecule has 3 rings (SSSR count). The van der Waals surface area contributed by atoms with E-state index < -0.39 is 0 Å². The molecule has 96 valence electrons. The van der Waals surface area contributed by atoms with Crippen LogP contribution in [0.2, 0.25) is 0 Å². The van der Waals surface area contributed by atoms with Crippen molar-refractivity contribution in [2.45, 2.75) is 31.7 Å². The average Bonchev–Trinajstić information content (AvgIpc) is 3.18. The van der Waals surface area contributed by atoms with Gasteiger partial charge in [-0.2, -0.15) is 0 Å². The van der Waals surface area contributed by atoms with Gasteiger partial charge < -0.3 is 15.0 Å². The lowest BCUT2D eigenvalue weighted by atomic mass is 10.1. The number of ether oxygens (including phenoxy) is 1. The molecule has 0 unspecified atom stereocenters. The lowest BCUT2D eigenvalue weighted by Crippen LogP contribution is -2.00. The molecule has 1 saturated carbocycles. The summed E-state index contributed by atoms with van der Waals surface area (Å²) >= 11 is 0. The van der Waals surface area contributed by atoms with Crippen molar-refractivity contribution in [1.29, 1.82) is 0 Å². The van der Waals surface area contributed by atoms with Gasteiger partial charge in [0.25, 0.3) is 0 Å². The van der Waals surface area contributed by atoms with Gasteiger partial charge in [0.15, 0.2) is 0 Å². The predicted molar refractivity (Wildman–Crippen MR) is 74.1 cm³/mol. The van der Waals surface area contributed by atoms with Gasteiger partial charge in [-0.05, 0) is 49.9 Å². The number of aryl methyl sites for hydroxylation is 1. The van der Waals surface area contributed by atoms with Gasteiger partial charge in [-0.3, -0.25) is 0 Å². The highest BCUT2D eigenvalue weighted by Crippen LogP contribution is 2.41. The molecule has 0 saturated heterocycles. The zero-order valence-electron chi connectivity index (χ0n) is 10.9. The lowest BCUT2D eigenvalue weighted by molar-refractivity contribution is 0.419. The molecule has 3 nitrogen and oxygen atoms in total. The van der Waals surface area contributed by atoms with E-state index in [1.165, 1.54) is 29.3 Å². The molecule has 0 amide bonds. The Kier molecular flexibility index (Phi) is 3.00. The van der Waals surface area contributed by atoms with Crippen molar-refractivity contribution in [3.63, 3.8) is 0 Å². The van der Waals surface area contributed by atoms with Crippen molar-refractivity contribution < 1.29 is 4.74 Å². The molecule has 0 bridgehead atoms. The van der Waals surface area contributed by atoms with E-state index in [-0.39, 0.29) is 0 Å². The molecule has 0 atom stereocenters. The minimum absolute atomic E-state index is 0.700. The van der Waals surface area contributed by atoms with Crippen LogP contribution in [-0.4, -0.2) is 18.2 Å². The smallest absolute Gasteiger partial charge is 0.128 e. The van der Waals surface area contributed by atoms with E-state index in [1.807, 2.05) is 6.07 Å². The van der Waals surface area contributed by atoms with Crippen molar-refractivity contribution in [2.24, 2.45) is 5.73 Å². The van der Waals surface area contributed by atoms with Gasteiger partial charge in [0, 0.05) is 17.6 Å². The fourth-order valence-electron chi connectivity index (χ4n) is 2.67. The topological polar surface area (TPSA) is 40.2 Å². The van der Waals surface area contributed by atoms with E-state index in [2.05, 4.69) is 22.9 Å². The summed E-state index contributed by atoms with van der Waals surface area (Å²) in [5, 5.41) is 1.28. The molecule has 3 heteroatoms. The van der Waals surface area contributed by atoms with Crippen molar-refractivity contribution in [2.75, 3.05) is 13.7 Å². The van der Waals surface area contributed by atoms with E-state index in [9.17, 15) is 0 Å². The standard InChI is InChI=1S/C15H20N2O/c1-18-14-6-2-5-13-15(14)11(4-3-9-16)10-17(13)12-7-8-12/h2,5-6,10,12H,3-4,7-9,16H2,1H3. The number of hydrogen-bond acceptors (Lipinski definition) is 2. The second kappa shape index (κ2) is 4.65. The zero-order chi connectivity index (χ0) is 12.5. The largest absolute Gasteiger partial charge is 0.496 e. The van der Waals surface area contributed by atoms with E-state index in [0.717, 1.165) is 25.1 Å². The third kappa shape index (κ3) is 1.89. The molecule has 1 aliphatic rings. The Balaban J connectivity index is 2.13. The maximum absolute atomic E-state index is 5.63. The van der Waals surface area contributed by atoms with Crippen molar-refractivity contribution in [3.8, 4) is 5.75 Å². The van der Waals surface area contributed by atoms with Crippen LogP contribution in [-0.2, 0) is 6.42 Å². The Morgan fingerprint density at radius 3 is 2.89 bits per heavy atom. The molecule has 1 fully saturated rings. The maximum Gasteiger partial charge on any atom is 0.128 e. The number of benzene rings is 1. The van der Waals surface area contributed by atoms with Crippen LogP contribution in [0.5, 0.6) is 5.75 Å². The molecular weight excluding hydrogens is 224 g/mol. The lowest BCUT2D eigenvalue weighted by Gasteiger charge is -2.05. The quantitative estimate of drug-likeness (QED) is 0.878. The second-order valence-corrected chi connectivity index (χ2v) is 5.04. The van der Waals surface area contributed by atoms with Crippen LogP contribution in [0.1, 0.15) is 30.9 Å². The zero-order valence-corrected chi connectivity index (χ0v) is 10.9. The fourth-order valence-corrected chi connectivity index (χ4v) is 2.67. The maximum atomic E-state index is 5.63. The summed E-state index contributed by atoms with van der Waals surface area (Å²) in [7, 11) is 1.75. The Bertz CT molecular complexity index is 555. The van der Waals surface area contributed by atoms with Crippen molar-refractivity contribution >= 4 is 10.9 Å². The van der Waals surface area contributed by atoms with Crippen molar-refractivity contribution in [3.05, 3.63) is 30.0 Å². The van der Waals surface area contributed by atoms with Gasteiger partial charge in [0.2, 0.25) is 0 Å². The first kappa shape index (κ1) is 11.6. The number of nitrogens with zero attached hydrogens (tertiary/aromatic N) is 1. The Labute approximate surface area is 108 Å². The van der Waals surface area contributed by atoms with Crippen LogP contribution >= 0.6 is 0 Å². The monoisotopic (exact) mass is 244 g/mol. The van der Waals surface area contributed by atoms with E-state index in [1.54, 1.807) is 7.11 Å². The van der Waals surface area contributed by atoms with Gasteiger partial charge in [0.1, 0.15) is 5.75 Å². The van der Waals surface area contributed by atoms with Gasteiger partial charge in [-0.25, -0.2) is 0 Å². The predicted octanol–water partition coefficient (Wildman–Crippen LogP) is 2.88. The number of nitrogens with two attached hydrogens (primary N) is 1. The Morgan fingerprint density at radius 1 is 1.39 bits per heavy atom. The molecule has 18 heavy (non-hydrogen) atoms. The van der Waals surface area contributed by atoms with Gasteiger partial charge in [0.05, 0.1) is 12.6 Å². The SMILES string of the molecule is COc1cccc2c1c(CCCN)cn2C1CC1. The molecule has 2 N–H and O–H groups in total.